The number of carbonyl (C=O) groups is 1. The van der Waals surface area contributed by atoms with Gasteiger partial charge in [-0.05, 0) is 23.8 Å². The number of hydrogen-bond acceptors (Lipinski definition) is 6. The van der Waals surface area contributed by atoms with E-state index in [1.165, 1.54) is 23.7 Å². The molecular formula is C18H22N2O6S. The van der Waals surface area contributed by atoms with E-state index in [-0.39, 0.29) is 23.0 Å². The molecule has 0 spiro atoms. The first-order valence-corrected chi connectivity index (χ1v) is 9.97. The summed E-state index contributed by atoms with van der Waals surface area (Å²) in [5.74, 6) is 0.0418. The number of nitrogens with one attached hydrogen (secondary N) is 1. The van der Waals surface area contributed by atoms with Gasteiger partial charge in [-0.3, -0.25) is 4.79 Å². The summed E-state index contributed by atoms with van der Waals surface area (Å²) in [6.07, 6.45) is 3.15. The molecule has 1 saturated heterocycles. The Morgan fingerprint density at radius 3 is 2.67 bits per heavy atom. The van der Waals surface area contributed by atoms with Crippen molar-refractivity contribution < 1.29 is 27.1 Å². The largest absolute Gasteiger partial charge is 0.495 e. The number of sulfonamides is 1. The van der Waals surface area contributed by atoms with E-state index in [2.05, 4.69) is 5.32 Å². The SMILES string of the molecule is COc1ccc(CC(=O)NCc2ccoc2)cc1S(=O)(=O)N1CCOCC1. The lowest BCUT2D eigenvalue weighted by Crippen LogP contribution is -2.40. The van der Waals surface area contributed by atoms with E-state index in [0.29, 0.717) is 38.4 Å². The summed E-state index contributed by atoms with van der Waals surface area (Å²) in [6.45, 7) is 1.65. The van der Waals surface area contributed by atoms with Crippen molar-refractivity contribution in [2.45, 2.75) is 17.9 Å². The second-order valence-corrected chi connectivity index (χ2v) is 7.99. The molecule has 0 saturated carbocycles. The number of furan rings is 1. The molecule has 3 rings (SSSR count). The van der Waals surface area contributed by atoms with Crippen molar-refractivity contribution in [2.75, 3.05) is 33.4 Å². The van der Waals surface area contributed by atoms with Gasteiger partial charge < -0.3 is 19.2 Å². The molecule has 1 N–H and O–H groups in total. The number of nitrogens with zero attached hydrogens (tertiary/aromatic N) is 1. The van der Waals surface area contributed by atoms with Gasteiger partial charge in [0.1, 0.15) is 10.6 Å². The smallest absolute Gasteiger partial charge is 0.246 e. The maximum absolute atomic E-state index is 13.0. The number of ether oxygens (including phenoxy) is 2. The van der Waals surface area contributed by atoms with Crippen LogP contribution in [0.5, 0.6) is 5.75 Å². The number of morpholine rings is 1. The number of hydrogen-bond donors (Lipinski definition) is 1. The van der Waals surface area contributed by atoms with Crippen molar-refractivity contribution in [1.29, 1.82) is 0 Å². The summed E-state index contributed by atoms with van der Waals surface area (Å²) in [6, 6.07) is 6.53. The maximum Gasteiger partial charge on any atom is 0.246 e. The van der Waals surface area contributed by atoms with E-state index < -0.39 is 10.0 Å². The molecular weight excluding hydrogens is 372 g/mol. The van der Waals surface area contributed by atoms with Gasteiger partial charge in [-0.15, -0.1) is 0 Å². The predicted octanol–water partition coefficient (Wildman–Crippen LogP) is 1.17. The third-order valence-corrected chi connectivity index (χ3v) is 6.17. The third-order valence-electron chi connectivity index (χ3n) is 4.25. The molecule has 1 aliphatic heterocycles. The van der Waals surface area contributed by atoms with Crippen molar-refractivity contribution in [3.05, 3.63) is 47.9 Å². The Balaban J connectivity index is 1.75. The van der Waals surface area contributed by atoms with Gasteiger partial charge in [-0.2, -0.15) is 4.31 Å². The summed E-state index contributed by atoms with van der Waals surface area (Å²) >= 11 is 0. The van der Waals surface area contributed by atoms with Crippen LogP contribution < -0.4 is 10.1 Å². The molecule has 0 atom stereocenters. The number of methoxy groups -OCH3 is 1. The van der Waals surface area contributed by atoms with E-state index in [9.17, 15) is 13.2 Å². The Morgan fingerprint density at radius 2 is 2.00 bits per heavy atom. The molecule has 0 bridgehead atoms. The van der Waals surface area contributed by atoms with Crippen molar-refractivity contribution in [3.63, 3.8) is 0 Å². The second-order valence-electron chi connectivity index (χ2n) is 6.09. The monoisotopic (exact) mass is 394 g/mol. The summed E-state index contributed by atoms with van der Waals surface area (Å²) in [7, 11) is -2.31. The topological polar surface area (TPSA) is 98.1 Å². The highest BCUT2D eigenvalue weighted by molar-refractivity contribution is 7.89. The summed E-state index contributed by atoms with van der Waals surface area (Å²) in [4.78, 5) is 12.2. The third kappa shape index (κ3) is 4.68. The summed E-state index contributed by atoms with van der Waals surface area (Å²) in [5, 5.41) is 2.78. The fraction of sp³-hybridized carbons (Fsp3) is 0.389. The van der Waals surface area contributed by atoms with Crippen molar-refractivity contribution >= 4 is 15.9 Å². The highest BCUT2D eigenvalue weighted by Gasteiger charge is 2.29. The Hall–Kier alpha value is -2.36. The minimum atomic E-state index is -3.73. The van der Waals surface area contributed by atoms with Crippen LogP contribution in [0.4, 0.5) is 0 Å². The lowest BCUT2D eigenvalue weighted by Gasteiger charge is -2.26. The molecule has 1 aromatic heterocycles. The van der Waals surface area contributed by atoms with Gasteiger partial charge in [0.15, 0.2) is 0 Å². The normalized spacial score (nSPS) is 15.4. The molecule has 1 aliphatic rings. The molecule has 1 amide bonds. The first kappa shape index (κ1) is 19.4. The van der Waals surface area contributed by atoms with Crippen LogP contribution in [0.15, 0.2) is 46.1 Å². The van der Waals surface area contributed by atoms with Crippen LogP contribution in [0.1, 0.15) is 11.1 Å². The molecule has 1 fully saturated rings. The maximum atomic E-state index is 13.0. The first-order valence-electron chi connectivity index (χ1n) is 8.53. The van der Waals surface area contributed by atoms with Gasteiger partial charge in [0.25, 0.3) is 0 Å². The zero-order valence-corrected chi connectivity index (χ0v) is 15.8. The number of benzene rings is 1. The fourth-order valence-electron chi connectivity index (χ4n) is 2.80. The van der Waals surface area contributed by atoms with Crippen LogP contribution in [0.2, 0.25) is 0 Å². The molecule has 9 heteroatoms. The Bertz CT molecular complexity index is 873. The van der Waals surface area contributed by atoms with E-state index >= 15 is 0 Å². The van der Waals surface area contributed by atoms with Crippen LogP contribution in [-0.4, -0.2) is 52.0 Å². The van der Waals surface area contributed by atoms with Gasteiger partial charge >= 0.3 is 0 Å². The van der Waals surface area contributed by atoms with Crippen LogP contribution in [0.3, 0.4) is 0 Å². The highest BCUT2D eigenvalue weighted by Crippen LogP contribution is 2.28. The molecule has 8 nitrogen and oxygen atoms in total. The zero-order valence-electron chi connectivity index (χ0n) is 15.0. The molecule has 0 radical (unpaired) electrons. The summed E-state index contributed by atoms with van der Waals surface area (Å²) < 4.78 is 42.7. The highest BCUT2D eigenvalue weighted by atomic mass is 32.2. The van der Waals surface area contributed by atoms with Crippen LogP contribution in [0, 0.1) is 0 Å². The van der Waals surface area contributed by atoms with Crippen molar-refractivity contribution in [1.82, 2.24) is 9.62 Å². The number of amides is 1. The van der Waals surface area contributed by atoms with Crippen LogP contribution in [0.25, 0.3) is 0 Å². The minimum absolute atomic E-state index is 0.0621. The number of carbonyl (C=O) groups excluding carboxylic acids is 1. The van der Waals surface area contributed by atoms with Crippen LogP contribution in [-0.2, 0) is 32.5 Å². The fourth-order valence-corrected chi connectivity index (χ4v) is 4.41. The number of rotatable bonds is 7. The Morgan fingerprint density at radius 1 is 1.22 bits per heavy atom. The van der Waals surface area contributed by atoms with E-state index in [1.807, 2.05) is 0 Å². The first-order chi connectivity index (χ1) is 13.0. The Labute approximate surface area is 158 Å². The molecule has 0 aliphatic carbocycles. The van der Waals surface area contributed by atoms with Gasteiger partial charge in [0, 0.05) is 25.2 Å². The summed E-state index contributed by atoms with van der Waals surface area (Å²) in [5.41, 5.74) is 1.45. The molecule has 2 heterocycles. The second kappa shape index (κ2) is 8.55. The van der Waals surface area contributed by atoms with E-state index in [4.69, 9.17) is 13.9 Å². The Kier molecular flexibility index (Phi) is 6.15. The lowest BCUT2D eigenvalue weighted by atomic mass is 10.1. The molecule has 146 valence electrons. The average Bonchev–Trinajstić information content (AvgIpc) is 3.21. The lowest BCUT2D eigenvalue weighted by molar-refractivity contribution is -0.120. The van der Waals surface area contributed by atoms with E-state index in [1.54, 1.807) is 24.5 Å². The minimum Gasteiger partial charge on any atom is -0.495 e. The van der Waals surface area contributed by atoms with Crippen molar-refractivity contribution in [3.8, 4) is 5.75 Å². The zero-order chi connectivity index (χ0) is 19.3. The molecule has 1 aromatic carbocycles. The van der Waals surface area contributed by atoms with Crippen LogP contribution >= 0.6 is 0 Å². The molecule has 2 aromatic rings. The quantitative estimate of drug-likeness (QED) is 0.757. The molecule has 27 heavy (non-hydrogen) atoms. The van der Waals surface area contributed by atoms with Gasteiger partial charge in [-0.1, -0.05) is 6.07 Å². The van der Waals surface area contributed by atoms with Crippen molar-refractivity contribution in [2.24, 2.45) is 0 Å². The molecule has 0 unspecified atom stereocenters. The predicted molar refractivity (Wildman–Crippen MR) is 96.8 cm³/mol. The standard InChI is InChI=1S/C18H22N2O6S/c1-24-16-3-2-14(11-18(21)19-12-15-4-7-26-13-15)10-17(16)27(22,23)20-5-8-25-9-6-20/h2-4,7,10,13H,5-6,8-9,11-12H2,1H3,(H,19,21). The van der Waals surface area contributed by atoms with E-state index in [0.717, 1.165) is 5.56 Å². The van der Waals surface area contributed by atoms with Gasteiger partial charge in [0.2, 0.25) is 15.9 Å². The van der Waals surface area contributed by atoms with Gasteiger partial charge in [-0.25, -0.2) is 8.42 Å². The average molecular weight is 394 g/mol. The van der Waals surface area contributed by atoms with Gasteiger partial charge in [0.05, 0.1) is 39.3 Å².